The van der Waals surface area contributed by atoms with E-state index in [9.17, 15) is 0 Å². The van der Waals surface area contributed by atoms with E-state index in [0.29, 0.717) is 11.8 Å². The fraction of sp³-hybridized carbons (Fsp3) is 0.519. The smallest absolute Gasteiger partial charge is 0.213 e. The Labute approximate surface area is 190 Å². The van der Waals surface area contributed by atoms with Crippen molar-refractivity contribution in [2.45, 2.75) is 64.7 Å². The van der Waals surface area contributed by atoms with Gasteiger partial charge in [-0.2, -0.15) is 4.57 Å². The summed E-state index contributed by atoms with van der Waals surface area (Å²) in [6, 6.07) is 11.7. The lowest BCUT2D eigenvalue weighted by Crippen LogP contribution is -2.54. The summed E-state index contributed by atoms with van der Waals surface area (Å²) in [6.45, 7) is 16.9. The van der Waals surface area contributed by atoms with Crippen LogP contribution in [0.4, 0.5) is 0 Å². The number of rotatable bonds is 9. The van der Waals surface area contributed by atoms with E-state index in [1.165, 1.54) is 22.4 Å². The summed E-state index contributed by atoms with van der Waals surface area (Å²) in [7, 11) is 2.00. The van der Waals surface area contributed by atoms with Gasteiger partial charge in [0.2, 0.25) is 5.69 Å². The van der Waals surface area contributed by atoms with Crippen LogP contribution < -0.4 is 9.75 Å². The fourth-order valence-electron chi connectivity index (χ4n) is 4.99. The van der Waals surface area contributed by atoms with Gasteiger partial charge in [0.1, 0.15) is 0 Å². The zero-order valence-electron chi connectivity index (χ0n) is 20.5. The number of methoxy groups -OCH3 is 2. The van der Waals surface area contributed by atoms with Crippen molar-refractivity contribution in [2.24, 2.45) is 5.92 Å². The molecule has 0 N–H and O–H groups in total. The second kappa shape index (κ2) is 9.70. The average molecular weight is 439 g/mol. The predicted molar refractivity (Wildman–Crippen MR) is 133 cm³/mol. The molecular formula is C27H40NO2Si+. The first-order valence-corrected chi connectivity index (χ1v) is 15.1. The summed E-state index contributed by atoms with van der Waals surface area (Å²) in [5.74, 6) is 1.84. The van der Waals surface area contributed by atoms with Gasteiger partial charge in [0.15, 0.2) is 12.2 Å². The highest BCUT2D eigenvalue weighted by atomic mass is 28.3. The minimum Gasteiger partial charge on any atom is -0.501 e. The summed E-state index contributed by atoms with van der Waals surface area (Å²) in [5, 5.41) is 1.57. The second-order valence-electron chi connectivity index (χ2n) is 10.3. The number of allylic oxidation sites excluding steroid dienone is 1. The SMILES string of the molecule is C=C(CC1C(CCOC)c2ccccc2-c2cc(CC(C)C)c([Si](C)(C)C)c[n+]21)OC. The third kappa shape index (κ3) is 5.12. The van der Waals surface area contributed by atoms with E-state index < -0.39 is 8.07 Å². The monoisotopic (exact) mass is 438 g/mol. The molecule has 1 aliphatic rings. The Bertz CT molecular complexity index is 929. The lowest BCUT2D eigenvalue weighted by Gasteiger charge is -2.32. The molecule has 2 heterocycles. The van der Waals surface area contributed by atoms with Crippen molar-refractivity contribution in [3.63, 3.8) is 0 Å². The Hall–Kier alpha value is -1.91. The molecule has 0 amide bonds. The van der Waals surface area contributed by atoms with Gasteiger partial charge in [-0.05, 0) is 36.0 Å². The molecule has 0 saturated carbocycles. The maximum Gasteiger partial charge on any atom is 0.213 e. The van der Waals surface area contributed by atoms with Crippen LogP contribution in [0.5, 0.6) is 0 Å². The molecule has 1 aromatic carbocycles. The lowest BCUT2D eigenvalue weighted by atomic mass is 9.79. The average Bonchev–Trinajstić information content (AvgIpc) is 2.71. The van der Waals surface area contributed by atoms with Crippen LogP contribution in [-0.4, -0.2) is 28.9 Å². The molecule has 2 aromatic rings. The second-order valence-corrected chi connectivity index (χ2v) is 15.4. The topological polar surface area (TPSA) is 22.3 Å². The summed E-state index contributed by atoms with van der Waals surface area (Å²) in [5.41, 5.74) is 5.63. The van der Waals surface area contributed by atoms with Crippen LogP contribution in [0.15, 0.2) is 48.9 Å². The molecule has 3 nitrogen and oxygen atoms in total. The molecule has 1 aromatic heterocycles. The first-order chi connectivity index (χ1) is 14.7. The number of nitrogens with zero attached hydrogens (tertiary/aromatic N) is 1. The number of ether oxygens (including phenoxy) is 2. The zero-order valence-corrected chi connectivity index (χ0v) is 21.5. The maximum atomic E-state index is 5.55. The summed E-state index contributed by atoms with van der Waals surface area (Å²) in [6.07, 6.45) is 5.41. The maximum absolute atomic E-state index is 5.55. The van der Waals surface area contributed by atoms with E-state index in [-0.39, 0.29) is 6.04 Å². The molecule has 3 rings (SSSR count). The number of hydrogen-bond donors (Lipinski definition) is 0. The Balaban J connectivity index is 2.27. The van der Waals surface area contributed by atoms with Crippen molar-refractivity contribution in [1.29, 1.82) is 0 Å². The van der Waals surface area contributed by atoms with Gasteiger partial charge in [-0.3, -0.25) is 0 Å². The third-order valence-electron chi connectivity index (χ3n) is 6.46. The van der Waals surface area contributed by atoms with Gasteiger partial charge in [0.25, 0.3) is 0 Å². The molecule has 0 radical (unpaired) electrons. The van der Waals surface area contributed by atoms with Crippen LogP contribution in [0, 0.1) is 5.92 Å². The fourth-order valence-corrected chi connectivity index (χ4v) is 6.65. The Morgan fingerprint density at radius 3 is 2.48 bits per heavy atom. The van der Waals surface area contributed by atoms with E-state index in [4.69, 9.17) is 9.47 Å². The van der Waals surface area contributed by atoms with Crippen LogP contribution >= 0.6 is 0 Å². The molecule has 0 bridgehead atoms. The molecule has 31 heavy (non-hydrogen) atoms. The molecule has 0 aliphatic carbocycles. The first-order valence-electron chi connectivity index (χ1n) is 11.6. The molecule has 168 valence electrons. The molecule has 2 atom stereocenters. The van der Waals surface area contributed by atoms with E-state index in [2.05, 4.69) is 81.2 Å². The highest BCUT2D eigenvalue weighted by molar-refractivity contribution is 6.88. The van der Waals surface area contributed by atoms with E-state index in [0.717, 1.165) is 31.6 Å². The summed E-state index contributed by atoms with van der Waals surface area (Å²) < 4.78 is 13.6. The molecule has 0 fully saturated rings. The highest BCUT2D eigenvalue weighted by Gasteiger charge is 2.41. The van der Waals surface area contributed by atoms with Gasteiger partial charge in [-0.25, -0.2) is 0 Å². The Morgan fingerprint density at radius 1 is 1.16 bits per heavy atom. The van der Waals surface area contributed by atoms with Crippen molar-refractivity contribution < 1.29 is 14.0 Å². The quantitative estimate of drug-likeness (QED) is 0.288. The number of hydrogen-bond acceptors (Lipinski definition) is 2. The molecule has 4 heteroatoms. The van der Waals surface area contributed by atoms with Crippen molar-refractivity contribution in [1.82, 2.24) is 0 Å². The Kier molecular flexibility index (Phi) is 7.43. The predicted octanol–water partition coefficient (Wildman–Crippen LogP) is 5.61. The summed E-state index contributed by atoms with van der Waals surface area (Å²) >= 11 is 0. The minimum atomic E-state index is -1.52. The van der Waals surface area contributed by atoms with Crippen LogP contribution in [0.25, 0.3) is 11.3 Å². The standard InChI is InChI=1S/C27H40NO2Si/c1-19(2)15-21-17-26-23-12-10-9-11-22(23)24(13-14-29-4)25(16-20(3)30-5)28(26)18-27(21)31(6,7)8/h9-12,17-19,24-25H,3,13-16H2,1-2,4-8H3/q+1. The van der Waals surface area contributed by atoms with Crippen LogP contribution in [0.3, 0.4) is 0 Å². The molecule has 0 saturated heterocycles. The van der Waals surface area contributed by atoms with Crippen LogP contribution in [0.2, 0.25) is 19.6 Å². The van der Waals surface area contributed by atoms with Crippen molar-refractivity contribution in [3.8, 4) is 11.3 Å². The number of pyridine rings is 1. The van der Waals surface area contributed by atoms with Gasteiger partial charge in [-0.15, -0.1) is 0 Å². The molecule has 2 unspecified atom stereocenters. The van der Waals surface area contributed by atoms with Crippen molar-refractivity contribution in [2.75, 3.05) is 20.8 Å². The number of aromatic nitrogens is 1. The van der Waals surface area contributed by atoms with E-state index >= 15 is 0 Å². The molecule has 1 aliphatic heterocycles. The number of benzene rings is 1. The third-order valence-corrected chi connectivity index (χ3v) is 8.52. The number of fused-ring (bicyclic) bond motifs is 3. The van der Waals surface area contributed by atoms with Gasteiger partial charge in [-0.1, -0.05) is 58.3 Å². The van der Waals surface area contributed by atoms with Crippen LogP contribution in [-0.2, 0) is 15.9 Å². The van der Waals surface area contributed by atoms with Crippen LogP contribution in [0.1, 0.15) is 49.8 Å². The van der Waals surface area contributed by atoms with E-state index in [1.807, 2.05) is 0 Å². The largest absolute Gasteiger partial charge is 0.501 e. The summed E-state index contributed by atoms with van der Waals surface area (Å²) in [4.78, 5) is 0. The zero-order chi connectivity index (χ0) is 22.8. The normalized spacial score (nSPS) is 17.9. The van der Waals surface area contributed by atoms with Crippen molar-refractivity contribution >= 4 is 13.3 Å². The highest BCUT2D eigenvalue weighted by Crippen LogP contribution is 2.42. The van der Waals surface area contributed by atoms with Gasteiger partial charge < -0.3 is 9.47 Å². The molecule has 0 spiro atoms. The lowest BCUT2D eigenvalue weighted by molar-refractivity contribution is -0.717. The first kappa shape index (κ1) is 23.7. The Morgan fingerprint density at radius 2 is 1.87 bits per heavy atom. The van der Waals surface area contributed by atoms with Gasteiger partial charge in [0.05, 0.1) is 27.4 Å². The minimum absolute atomic E-state index is 0.274. The van der Waals surface area contributed by atoms with Crippen molar-refractivity contribution in [3.05, 3.63) is 60.0 Å². The van der Waals surface area contributed by atoms with E-state index in [1.54, 1.807) is 19.4 Å². The molecular weight excluding hydrogens is 398 g/mol. The van der Waals surface area contributed by atoms with Gasteiger partial charge >= 0.3 is 0 Å². The van der Waals surface area contributed by atoms with Gasteiger partial charge in [0, 0.05) is 36.5 Å².